The predicted octanol–water partition coefficient (Wildman–Crippen LogP) is 4.03. The summed E-state index contributed by atoms with van der Waals surface area (Å²) in [5.41, 5.74) is 4.36. The van der Waals surface area contributed by atoms with E-state index < -0.39 is 0 Å². The van der Waals surface area contributed by atoms with Gasteiger partial charge in [0, 0.05) is 18.0 Å². The average Bonchev–Trinajstić information content (AvgIpc) is 2.54. The first-order valence-corrected chi connectivity index (χ1v) is 7.49. The maximum absolute atomic E-state index is 11.8. The van der Waals surface area contributed by atoms with Gasteiger partial charge in [-0.3, -0.25) is 0 Å². The molecule has 3 aromatic rings. The Morgan fingerprint density at radius 1 is 1.09 bits per heavy atom. The Balaban J connectivity index is 1.99. The zero-order valence-corrected chi connectivity index (χ0v) is 13.5. The summed E-state index contributed by atoms with van der Waals surface area (Å²) in [5.74, 6) is 0.770. The smallest absolute Gasteiger partial charge is 0.336 e. The standard InChI is InChI=1S/C19H19NO3/c1-12-8-15-14(10-19(21)23-18(15)9-13(12)2)11-20-16-6-4-5-7-17(16)22-3/h4-10,20H,11H2,1-3H3. The summed E-state index contributed by atoms with van der Waals surface area (Å²) in [6.45, 7) is 4.58. The Morgan fingerprint density at radius 3 is 2.61 bits per heavy atom. The minimum Gasteiger partial charge on any atom is -0.495 e. The molecule has 1 N–H and O–H groups in total. The maximum Gasteiger partial charge on any atom is 0.336 e. The normalized spacial score (nSPS) is 10.7. The van der Waals surface area contributed by atoms with Crippen molar-refractivity contribution in [3.05, 3.63) is 69.6 Å². The van der Waals surface area contributed by atoms with Crippen molar-refractivity contribution in [1.82, 2.24) is 0 Å². The minimum absolute atomic E-state index is 0.336. The lowest BCUT2D eigenvalue weighted by molar-refractivity contribution is 0.416. The third-order valence-electron chi connectivity index (χ3n) is 4.02. The van der Waals surface area contributed by atoms with Gasteiger partial charge in [0.1, 0.15) is 11.3 Å². The number of ether oxygens (including phenoxy) is 1. The Labute approximate surface area is 134 Å². The predicted molar refractivity (Wildman–Crippen MR) is 92.3 cm³/mol. The first kappa shape index (κ1) is 15.2. The highest BCUT2D eigenvalue weighted by atomic mass is 16.5. The zero-order chi connectivity index (χ0) is 16.4. The molecule has 0 fully saturated rings. The Hall–Kier alpha value is -2.75. The fourth-order valence-corrected chi connectivity index (χ4v) is 2.61. The summed E-state index contributed by atoms with van der Waals surface area (Å²) in [6, 6.07) is 13.2. The Morgan fingerprint density at radius 2 is 1.83 bits per heavy atom. The highest BCUT2D eigenvalue weighted by Crippen LogP contribution is 2.26. The molecule has 1 aromatic heterocycles. The highest BCUT2D eigenvalue weighted by Gasteiger charge is 2.09. The molecule has 0 atom stereocenters. The molecule has 0 spiro atoms. The molecule has 2 aromatic carbocycles. The van der Waals surface area contributed by atoms with Gasteiger partial charge in [0.05, 0.1) is 12.8 Å². The molecule has 4 nitrogen and oxygen atoms in total. The van der Waals surface area contributed by atoms with Crippen molar-refractivity contribution >= 4 is 16.7 Å². The second kappa shape index (κ2) is 6.16. The monoisotopic (exact) mass is 309 g/mol. The molecule has 0 aliphatic carbocycles. The molecule has 0 aliphatic rings. The van der Waals surface area contributed by atoms with Crippen molar-refractivity contribution in [3.63, 3.8) is 0 Å². The van der Waals surface area contributed by atoms with E-state index in [1.54, 1.807) is 13.2 Å². The van der Waals surface area contributed by atoms with Gasteiger partial charge in [0.25, 0.3) is 0 Å². The van der Waals surface area contributed by atoms with Crippen molar-refractivity contribution in [3.8, 4) is 5.75 Å². The molecule has 4 heteroatoms. The summed E-state index contributed by atoms with van der Waals surface area (Å²) in [7, 11) is 1.64. The maximum atomic E-state index is 11.8. The lowest BCUT2D eigenvalue weighted by Crippen LogP contribution is -2.07. The summed E-state index contributed by atoms with van der Waals surface area (Å²) in [6.07, 6.45) is 0. The fourth-order valence-electron chi connectivity index (χ4n) is 2.61. The summed E-state index contributed by atoms with van der Waals surface area (Å²) in [4.78, 5) is 11.8. The number of hydrogen-bond donors (Lipinski definition) is 1. The van der Waals surface area contributed by atoms with Crippen LogP contribution >= 0.6 is 0 Å². The largest absolute Gasteiger partial charge is 0.495 e. The third kappa shape index (κ3) is 3.06. The fraction of sp³-hybridized carbons (Fsp3) is 0.211. The van der Waals surface area contributed by atoms with Crippen molar-refractivity contribution < 1.29 is 9.15 Å². The van der Waals surface area contributed by atoms with Crippen molar-refractivity contribution in [1.29, 1.82) is 0 Å². The first-order chi connectivity index (χ1) is 11.1. The van der Waals surface area contributed by atoms with E-state index in [4.69, 9.17) is 9.15 Å². The summed E-state index contributed by atoms with van der Waals surface area (Å²) >= 11 is 0. The van der Waals surface area contributed by atoms with Gasteiger partial charge in [-0.25, -0.2) is 4.79 Å². The topological polar surface area (TPSA) is 51.5 Å². The molecule has 23 heavy (non-hydrogen) atoms. The number of fused-ring (bicyclic) bond motifs is 1. The SMILES string of the molecule is COc1ccccc1NCc1cc(=O)oc2cc(C)c(C)cc12. The van der Waals surface area contributed by atoms with Crippen molar-refractivity contribution in [2.45, 2.75) is 20.4 Å². The van der Waals surface area contributed by atoms with E-state index in [0.29, 0.717) is 12.1 Å². The van der Waals surface area contributed by atoms with Crippen LogP contribution in [-0.4, -0.2) is 7.11 Å². The molecule has 1 heterocycles. The molecule has 0 radical (unpaired) electrons. The van der Waals surface area contributed by atoms with E-state index >= 15 is 0 Å². The van der Waals surface area contributed by atoms with Crippen molar-refractivity contribution in [2.75, 3.05) is 12.4 Å². The van der Waals surface area contributed by atoms with Gasteiger partial charge >= 0.3 is 5.63 Å². The Bertz CT molecular complexity index is 912. The van der Waals surface area contributed by atoms with Crippen LogP contribution < -0.4 is 15.7 Å². The minimum atomic E-state index is -0.336. The van der Waals surface area contributed by atoms with Crippen molar-refractivity contribution in [2.24, 2.45) is 0 Å². The average molecular weight is 309 g/mol. The Kier molecular flexibility index (Phi) is 4.06. The second-order valence-corrected chi connectivity index (χ2v) is 5.58. The van der Waals surface area contributed by atoms with Crippen LogP contribution in [0, 0.1) is 13.8 Å². The molecule has 0 bridgehead atoms. The van der Waals surface area contributed by atoms with Gasteiger partial charge in [0.2, 0.25) is 0 Å². The van der Waals surface area contributed by atoms with E-state index in [1.807, 2.05) is 37.3 Å². The number of anilines is 1. The van der Waals surface area contributed by atoms with Crippen LogP contribution in [-0.2, 0) is 6.54 Å². The third-order valence-corrected chi connectivity index (χ3v) is 4.02. The lowest BCUT2D eigenvalue weighted by Gasteiger charge is -2.12. The van der Waals surface area contributed by atoms with Crippen LogP contribution in [0.2, 0.25) is 0 Å². The quantitative estimate of drug-likeness (QED) is 0.739. The van der Waals surface area contributed by atoms with Crippen LogP contribution in [0.3, 0.4) is 0 Å². The summed E-state index contributed by atoms with van der Waals surface area (Å²) in [5, 5.41) is 4.28. The van der Waals surface area contributed by atoms with Crippen LogP contribution in [0.15, 0.2) is 51.7 Å². The number of nitrogens with one attached hydrogen (secondary N) is 1. The highest BCUT2D eigenvalue weighted by molar-refractivity contribution is 5.82. The van der Waals surface area contributed by atoms with Gasteiger partial charge in [0.15, 0.2) is 0 Å². The number of para-hydroxylation sites is 2. The molecule has 0 unspecified atom stereocenters. The summed E-state index contributed by atoms with van der Waals surface area (Å²) < 4.78 is 10.7. The molecular weight excluding hydrogens is 290 g/mol. The number of aryl methyl sites for hydroxylation is 2. The van der Waals surface area contributed by atoms with Crippen LogP contribution in [0.5, 0.6) is 5.75 Å². The van der Waals surface area contributed by atoms with Gasteiger partial charge in [-0.1, -0.05) is 12.1 Å². The van der Waals surface area contributed by atoms with Crippen LogP contribution in [0.1, 0.15) is 16.7 Å². The van der Waals surface area contributed by atoms with Crippen LogP contribution in [0.25, 0.3) is 11.0 Å². The van der Waals surface area contributed by atoms with E-state index in [2.05, 4.69) is 18.3 Å². The first-order valence-electron chi connectivity index (χ1n) is 7.49. The van der Waals surface area contributed by atoms with E-state index in [1.165, 1.54) is 5.56 Å². The molecule has 0 amide bonds. The molecule has 0 saturated heterocycles. The number of hydrogen-bond acceptors (Lipinski definition) is 4. The van der Waals surface area contributed by atoms with Gasteiger partial charge < -0.3 is 14.5 Å². The van der Waals surface area contributed by atoms with Gasteiger partial charge in [-0.05, 0) is 54.8 Å². The van der Waals surface area contributed by atoms with Crippen LogP contribution in [0.4, 0.5) is 5.69 Å². The number of methoxy groups -OCH3 is 1. The second-order valence-electron chi connectivity index (χ2n) is 5.58. The molecule has 118 valence electrons. The molecule has 0 aliphatic heterocycles. The van der Waals surface area contributed by atoms with E-state index in [0.717, 1.165) is 28.0 Å². The zero-order valence-electron chi connectivity index (χ0n) is 13.5. The number of benzene rings is 2. The molecule has 3 rings (SSSR count). The van der Waals surface area contributed by atoms with Gasteiger partial charge in [-0.2, -0.15) is 0 Å². The number of rotatable bonds is 4. The van der Waals surface area contributed by atoms with E-state index in [-0.39, 0.29) is 5.63 Å². The van der Waals surface area contributed by atoms with E-state index in [9.17, 15) is 4.79 Å². The van der Waals surface area contributed by atoms with Gasteiger partial charge in [-0.15, -0.1) is 0 Å². The molecular formula is C19H19NO3. The lowest BCUT2D eigenvalue weighted by atomic mass is 10.0. The molecule has 0 saturated carbocycles.